The van der Waals surface area contributed by atoms with E-state index in [1.54, 1.807) is 0 Å². The fourth-order valence-corrected chi connectivity index (χ4v) is 5.74. The number of aromatic nitrogens is 1. The molecule has 0 N–H and O–H groups in total. The van der Waals surface area contributed by atoms with Crippen LogP contribution in [-0.2, 0) is 11.3 Å². The van der Waals surface area contributed by atoms with Crippen molar-refractivity contribution >= 4 is 0 Å². The van der Waals surface area contributed by atoms with E-state index in [1.807, 2.05) is 12.3 Å². The van der Waals surface area contributed by atoms with E-state index in [1.165, 1.54) is 83.1 Å². The second kappa shape index (κ2) is 7.81. The van der Waals surface area contributed by atoms with Gasteiger partial charge in [0.15, 0.2) is 0 Å². The van der Waals surface area contributed by atoms with Gasteiger partial charge < -0.3 is 4.74 Å². The molecule has 2 saturated carbocycles. The first-order valence-corrected chi connectivity index (χ1v) is 11.3. The minimum Gasteiger partial charge on any atom is -0.375 e. The second-order valence-electron chi connectivity index (χ2n) is 9.41. The molecule has 4 nitrogen and oxygen atoms in total. The van der Waals surface area contributed by atoms with E-state index in [-0.39, 0.29) is 0 Å². The van der Waals surface area contributed by atoms with Gasteiger partial charge in [0.2, 0.25) is 0 Å². The van der Waals surface area contributed by atoms with Crippen LogP contribution < -0.4 is 0 Å². The Kier molecular flexibility index (Phi) is 5.23. The zero-order valence-corrected chi connectivity index (χ0v) is 16.7. The predicted molar refractivity (Wildman–Crippen MR) is 108 cm³/mol. The van der Waals surface area contributed by atoms with Crippen LogP contribution in [0.1, 0.15) is 63.5 Å². The first-order chi connectivity index (χ1) is 13.3. The first kappa shape index (κ1) is 18.1. The number of rotatable bonds is 6. The number of pyridine rings is 1. The standard InChI is InChI=1S/C23H35N3O/c1-3-11-23(12-4-1)22(27-18-19-7-8-19)17-26(23)21-9-14-25(15-10-21)16-20-6-2-5-13-24-20/h2,5-6,13,19,21-22H,1,3-4,7-12,14-18H2. The van der Waals surface area contributed by atoms with Crippen molar-refractivity contribution in [1.29, 1.82) is 0 Å². The monoisotopic (exact) mass is 369 g/mol. The predicted octanol–water partition coefficient (Wildman–Crippen LogP) is 3.86. The molecule has 1 unspecified atom stereocenters. The number of likely N-dealkylation sites (tertiary alicyclic amines) is 2. The van der Waals surface area contributed by atoms with Crippen LogP contribution in [0, 0.1) is 5.92 Å². The van der Waals surface area contributed by atoms with Gasteiger partial charge in [-0.3, -0.25) is 14.8 Å². The molecule has 4 fully saturated rings. The SMILES string of the molecule is c1ccc(CN2CCC(N3CC(OCC4CC4)C34CCCCC4)CC2)nc1. The molecule has 2 saturated heterocycles. The fraction of sp³-hybridized carbons (Fsp3) is 0.783. The number of nitrogens with zero attached hydrogens (tertiary/aromatic N) is 3. The normalized spacial score (nSPS) is 29.7. The third kappa shape index (κ3) is 3.81. The summed E-state index contributed by atoms with van der Waals surface area (Å²) in [4.78, 5) is 9.98. The van der Waals surface area contributed by atoms with Crippen LogP contribution in [0.3, 0.4) is 0 Å². The molecule has 148 valence electrons. The summed E-state index contributed by atoms with van der Waals surface area (Å²) in [7, 11) is 0. The van der Waals surface area contributed by atoms with Crippen molar-refractivity contribution in [3.8, 4) is 0 Å². The maximum atomic E-state index is 6.46. The third-order valence-electron chi connectivity index (χ3n) is 7.59. The summed E-state index contributed by atoms with van der Waals surface area (Å²) in [5, 5.41) is 0. The minimum absolute atomic E-state index is 0.390. The Labute approximate surface area is 164 Å². The zero-order valence-electron chi connectivity index (χ0n) is 16.7. The average molecular weight is 370 g/mol. The summed E-state index contributed by atoms with van der Waals surface area (Å²) in [5.74, 6) is 0.884. The Balaban J connectivity index is 1.17. The van der Waals surface area contributed by atoms with Crippen LogP contribution in [0.15, 0.2) is 24.4 Å². The molecule has 0 radical (unpaired) electrons. The lowest BCUT2D eigenvalue weighted by Gasteiger charge is -2.63. The zero-order chi connectivity index (χ0) is 18.1. The van der Waals surface area contributed by atoms with E-state index in [2.05, 4.69) is 26.9 Å². The smallest absolute Gasteiger partial charge is 0.0885 e. The summed E-state index contributed by atoms with van der Waals surface area (Å²) in [6.07, 6.45) is 14.8. The highest BCUT2D eigenvalue weighted by Gasteiger charge is 2.56. The average Bonchev–Trinajstić information content (AvgIpc) is 3.54. The van der Waals surface area contributed by atoms with E-state index < -0.39 is 0 Å². The van der Waals surface area contributed by atoms with E-state index in [9.17, 15) is 0 Å². The highest BCUT2D eigenvalue weighted by molar-refractivity contribution is 5.12. The Bertz CT molecular complexity index is 603. The lowest BCUT2D eigenvalue weighted by molar-refractivity contribution is -0.203. The number of piperidine rings is 1. The van der Waals surface area contributed by atoms with Gasteiger partial charge in [0.05, 0.1) is 11.8 Å². The van der Waals surface area contributed by atoms with Crippen LogP contribution in [-0.4, -0.2) is 58.7 Å². The molecule has 5 rings (SSSR count). The van der Waals surface area contributed by atoms with E-state index in [4.69, 9.17) is 4.74 Å². The van der Waals surface area contributed by atoms with Crippen molar-refractivity contribution < 1.29 is 4.74 Å². The van der Waals surface area contributed by atoms with Gasteiger partial charge >= 0.3 is 0 Å². The molecule has 0 aromatic carbocycles. The number of hydrogen-bond acceptors (Lipinski definition) is 4. The third-order valence-corrected chi connectivity index (χ3v) is 7.59. The van der Waals surface area contributed by atoms with E-state index in [0.717, 1.165) is 25.1 Å². The van der Waals surface area contributed by atoms with Crippen molar-refractivity contribution in [3.63, 3.8) is 0 Å². The van der Waals surface area contributed by atoms with Gasteiger partial charge in [0.1, 0.15) is 0 Å². The van der Waals surface area contributed by atoms with Gasteiger partial charge in [-0.15, -0.1) is 0 Å². The molecule has 2 aliphatic heterocycles. The van der Waals surface area contributed by atoms with Gasteiger partial charge in [-0.2, -0.15) is 0 Å². The fourth-order valence-electron chi connectivity index (χ4n) is 5.74. The Hall–Kier alpha value is -0.970. The van der Waals surface area contributed by atoms with Crippen molar-refractivity contribution in [2.24, 2.45) is 5.92 Å². The van der Waals surface area contributed by atoms with E-state index >= 15 is 0 Å². The summed E-state index contributed by atoms with van der Waals surface area (Å²) >= 11 is 0. The molecule has 2 aliphatic carbocycles. The lowest BCUT2D eigenvalue weighted by atomic mass is 9.69. The molecule has 4 heteroatoms. The summed E-state index contributed by atoms with van der Waals surface area (Å²) in [6.45, 7) is 5.65. The molecule has 1 aromatic heterocycles. The van der Waals surface area contributed by atoms with Crippen LogP contribution in [0.25, 0.3) is 0 Å². The molecule has 4 aliphatic rings. The van der Waals surface area contributed by atoms with Crippen LogP contribution >= 0.6 is 0 Å². The van der Waals surface area contributed by atoms with E-state index in [0.29, 0.717) is 11.6 Å². The molecular formula is C23H35N3O. The quantitative estimate of drug-likeness (QED) is 0.761. The molecule has 0 amide bonds. The topological polar surface area (TPSA) is 28.6 Å². The molecule has 3 heterocycles. The first-order valence-electron chi connectivity index (χ1n) is 11.3. The van der Waals surface area contributed by atoms with Crippen molar-refractivity contribution in [2.75, 3.05) is 26.2 Å². The van der Waals surface area contributed by atoms with Gasteiger partial charge in [-0.1, -0.05) is 25.3 Å². The van der Waals surface area contributed by atoms with Crippen LogP contribution in [0.2, 0.25) is 0 Å². The lowest BCUT2D eigenvalue weighted by Crippen LogP contribution is -2.75. The molecule has 1 spiro atoms. The van der Waals surface area contributed by atoms with Crippen LogP contribution in [0.4, 0.5) is 0 Å². The molecule has 1 atom stereocenters. The number of hydrogen-bond donors (Lipinski definition) is 0. The van der Waals surface area contributed by atoms with Crippen molar-refractivity contribution in [3.05, 3.63) is 30.1 Å². The molecule has 27 heavy (non-hydrogen) atoms. The second-order valence-corrected chi connectivity index (χ2v) is 9.41. The van der Waals surface area contributed by atoms with Gasteiger partial charge in [0.25, 0.3) is 0 Å². The highest BCUT2D eigenvalue weighted by atomic mass is 16.5. The van der Waals surface area contributed by atoms with Gasteiger partial charge in [-0.25, -0.2) is 0 Å². The number of ether oxygens (including phenoxy) is 1. The maximum absolute atomic E-state index is 6.46. The van der Waals surface area contributed by atoms with Crippen molar-refractivity contribution in [1.82, 2.24) is 14.8 Å². The molecular weight excluding hydrogens is 334 g/mol. The highest BCUT2D eigenvalue weighted by Crippen LogP contribution is 2.48. The summed E-state index contributed by atoms with van der Waals surface area (Å²) < 4.78 is 6.46. The minimum atomic E-state index is 0.390. The Morgan fingerprint density at radius 2 is 1.85 bits per heavy atom. The largest absolute Gasteiger partial charge is 0.375 e. The van der Waals surface area contributed by atoms with Crippen molar-refractivity contribution in [2.45, 2.75) is 82.0 Å². The molecule has 0 bridgehead atoms. The van der Waals surface area contributed by atoms with Crippen LogP contribution in [0.5, 0.6) is 0 Å². The van der Waals surface area contributed by atoms with Gasteiger partial charge in [0, 0.05) is 50.6 Å². The Morgan fingerprint density at radius 1 is 1.04 bits per heavy atom. The maximum Gasteiger partial charge on any atom is 0.0885 e. The summed E-state index contributed by atoms with van der Waals surface area (Å²) in [5.41, 5.74) is 1.60. The Morgan fingerprint density at radius 3 is 2.56 bits per heavy atom. The van der Waals surface area contributed by atoms with Gasteiger partial charge in [-0.05, 0) is 56.6 Å². The summed E-state index contributed by atoms with van der Waals surface area (Å²) in [6, 6.07) is 7.03. The molecule has 1 aromatic rings.